The molecule has 0 spiro atoms. The summed E-state index contributed by atoms with van der Waals surface area (Å²) in [5.74, 6) is 0. The first-order chi connectivity index (χ1) is 3.98. The van der Waals surface area contributed by atoms with Crippen molar-refractivity contribution in [1.29, 1.82) is 0 Å². The van der Waals surface area contributed by atoms with Crippen LogP contribution in [0.3, 0.4) is 0 Å². The number of hydrogen-bond acceptors (Lipinski definition) is 3. The first kappa shape index (κ1) is 9.35. The molecule has 0 heterocycles. The maximum atomic E-state index is 10.2. The zero-order valence-corrected chi connectivity index (χ0v) is 7.24. The SMILES string of the molecule is CC(CNBr)S(=O)(=O)O. The summed E-state index contributed by atoms with van der Waals surface area (Å²) >= 11 is 2.82. The van der Waals surface area contributed by atoms with Gasteiger partial charge in [-0.25, -0.2) is 0 Å². The van der Waals surface area contributed by atoms with E-state index in [1.54, 1.807) is 0 Å². The highest BCUT2D eigenvalue weighted by atomic mass is 79.9. The zero-order chi connectivity index (χ0) is 7.49. The van der Waals surface area contributed by atoms with Crippen molar-refractivity contribution in [3.05, 3.63) is 0 Å². The predicted molar refractivity (Wildman–Crippen MR) is 37.9 cm³/mol. The Labute approximate surface area is 62.7 Å². The third-order valence-electron chi connectivity index (χ3n) is 0.873. The van der Waals surface area contributed by atoms with E-state index in [9.17, 15) is 8.42 Å². The van der Waals surface area contributed by atoms with Crippen molar-refractivity contribution < 1.29 is 13.0 Å². The zero-order valence-electron chi connectivity index (χ0n) is 4.83. The lowest BCUT2D eigenvalue weighted by atomic mass is 10.5. The predicted octanol–water partition coefficient (Wildman–Crippen LogP) is 0.162. The molecule has 0 rings (SSSR count). The van der Waals surface area contributed by atoms with Crippen molar-refractivity contribution in [1.82, 2.24) is 4.34 Å². The fourth-order valence-corrected chi connectivity index (χ4v) is 1.21. The van der Waals surface area contributed by atoms with E-state index in [2.05, 4.69) is 20.5 Å². The number of halogens is 1. The molecule has 0 aliphatic rings. The largest absolute Gasteiger partial charge is 0.285 e. The van der Waals surface area contributed by atoms with E-state index in [-0.39, 0.29) is 6.54 Å². The van der Waals surface area contributed by atoms with E-state index in [0.717, 1.165) is 0 Å². The van der Waals surface area contributed by atoms with Crippen LogP contribution in [0.2, 0.25) is 0 Å². The van der Waals surface area contributed by atoms with Gasteiger partial charge < -0.3 is 0 Å². The van der Waals surface area contributed by atoms with Crippen molar-refractivity contribution in [2.75, 3.05) is 6.54 Å². The molecule has 0 radical (unpaired) electrons. The van der Waals surface area contributed by atoms with Gasteiger partial charge in [-0.15, -0.1) is 0 Å². The van der Waals surface area contributed by atoms with Crippen LogP contribution in [0, 0.1) is 0 Å². The van der Waals surface area contributed by atoms with Crippen LogP contribution in [0.1, 0.15) is 6.92 Å². The Bertz CT molecular complexity index is 166. The van der Waals surface area contributed by atoms with Crippen molar-refractivity contribution in [2.45, 2.75) is 12.2 Å². The molecule has 0 aliphatic heterocycles. The molecular formula is C3H8BrNO3S. The normalized spacial score (nSPS) is 15.4. The maximum Gasteiger partial charge on any atom is 0.268 e. The summed E-state index contributed by atoms with van der Waals surface area (Å²) in [5.41, 5.74) is 0. The third-order valence-corrected chi connectivity index (χ3v) is 2.38. The van der Waals surface area contributed by atoms with E-state index in [4.69, 9.17) is 4.55 Å². The van der Waals surface area contributed by atoms with Gasteiger partial charge in [-0.3, -0.25) is 8.90 Å². The lowest BCUT2D eigenvalue weighted by Crippen LogP contribution is -2.25. The Hall–Kier alpha value is 0.350. The molecule has 0 aromatic rings. The molecule has 0 fully saturated rings. The van der Waals surface area contributed by atoms with Crippen LogP contribution in [0.25, 0.3) is 0 Å². The molecule has 0 aliphatic carbocycles. The van der Waals surface area contributed by atoms with Crippen LogP contribution >= 0.6 is 16.1 Å². The second-order valence-electron chi connectivity index (χ2n) is 1.66. The monoisotopic (exact) mass is 217 g/mol. The summed E-state index contributed by atoms with van der Waals surface area (Å²) < 4.78 is 31.2. The van der Waals surface area contributed by atoms with E-state index in [1.165, 1.54) is 6.92 Å². The summed E-state index contributed by atoms with van der Waals surface area (Å²) in [6, 6.07) is 0. The van der Waals surface area contributed by atoms with Crippen LogP contribution in [-0.2, 0) is 10.1 Å². The minimum absolute atomic E-state index is 0.193. The number of hydrogen-bond donors (Lipinski definition) is 2. The average Bonchev–Trinajstić information content (AvgIpc) is 1.64. The highest BCUT2D eigenvalue weighted by Gasteiger charge is 2.15. The molecule has 0 saturated carbocycles. The minimum atomic E-state index is -3.86. The average molecular weight is 218 g/mol. The van der Waals surface area contributed by atoms with Crippen molar-refractivity contribution in [3.8, 4) is 0 Å². The van der Waals surface area contributed by atoms with E-state index in [1.807, 2.05) is 0 Å². The molecule has 0 amide bonds. The maximum absolute atomic E-state index is 10.2. The van der Waals surface area contributed by atoms with Crippen molar-refractivity contribution in [2.24, 2.45) is 0 Å². The van der Waals surface area contributed by atoms with Crippen LogP contribution in [0.5, 0.6) is 0 Å². The molecule has 0 saturated heterocycles. The Morgan fingerprint density at radius 3 is 2.33 bits per heavy atom. The molecule has 56 valence electrons. The summed E-state index contributed by atoms with van der Waals surface area (Å²) in [4.78, 5) is 0. The first-order valence-corrected chi connectivity index (χ1v) is 4.58. The third kappa shape index (κ3) is 3.85. The highest BCUT2D eigenvalue weighted by Crippen LogP contribution is 1.94. The number of nitrogens with one attached hydrogen (secondary N) is 1. The quantitative estimate of drug-likeness (QED) is 0.523. The van der Waals surface area contributed by atoms with Gasteiger partial charge in [-0.05, 0) is 6.92 Å². The lowest BCUT2D eigenvalue weighted by molar-refractivity contribution is 0.470. The van der Waals surface area contributed by atoms with Crippen molar-refractivity contribution in [3.63, 3.8) is 0 Å². The Morgan fingerprint density at radius 2 is 2.22 bits per heavy atom. The molecule has 2 N–H and O–H groups in total. The molecule has 0 aromatic heterocycles. The second-order valence-corrected chi connectivity index (χ2v) is 4.06. The molecule has 9 heavy (non-hydrogen) atoms. The summed E-state index contributed by atoms with van der Waals surface area (Å²) in [6.45, 7) is 1.60. The van der Waals surface area contributed by atoms with Gasteiger partial charge in [-0.2, -0.15) is 8.42 Å². The van der Waals surface area contributed by atoms with Gasteiger partial charge in [0.05, 0.1) is 5.25 Å². The van der Waals surface area contributed by atoms with Gasteiger partial charge in [-0.1, -0.05) is 0 Å². The van der Waals surface area contributed by atoms with E-state index >= 15 is 0 Å². The molecule has 0 bridgehead atoms. The van der Waals surface area contributed by atoms with Gasteiger partial charge in [0.15, 0.2) is 0 Å². The summed E-state index contributed by atoms with van der Waals surface area (Å²) in [6.07, 6.45) is 0. The molecule has 1 atom stereocenters. The fraction of sp³-hybridized carbons (Fsp3) is 1.00. The van der Waals surface area contributed by atoms with Gasteiger partial charge in [0.25, 0.3) is 10.1 Å². The van der Waals surface area contributed by atoms with Gasteiger partial charge in [0.1, 0.15) is 0 Å². The first-order valence-electron chi connectivity index (χ1n) is 2.28. The smallest absolute Gasteiger partial charge is 0.268 e. The second kappa shape index (κ2) is 3.50. The van der Waals surface area contributed by atoms with Gasteiger partial charge in [0.2, 0.25) is 0 Å². The van der Waals surface area contributed by atoms with Crippen LogP contribution in [0.4, 0.5) is 0 Å². The van der Waals surface area contributed by atoms with Crippen molar-refractivity contribution >= 4 is 26.3 Å². The highest BCUT2D eigenvalue weighted by molar-refractivity contribution is 9.08. The summed E-state index contributed by atoms with van der Waals surface area (Å²) in [7, 11) is -3.86. The van der Waals surface area contributed by atoms with Crippen LogP contribution in [-0.4, -0.2) is 24.8 Å². The minimum Gasteiger partial charge on any atom is -0.285 e. The van der Waals surface area contributed by atoms with Crippen LogP contribution in [0.15, 0.2) is 0 Å². The summed E-state index contributed by atoms with van der Waals surface area (Å²) in [5, 5.41) is -0.767. The lowest BCUT2D eigenvalue weighted by Gasteiger charge is -2.03. The van der Waals surface area contributed by atoms with Crippen LogP contribution < -0.4 is 4.34 Å². The topological polar surface area (TPSA) is 66.4 Å². The Morgan fingerprint density at radius 1 is 1.78 bits per heavy atom. The van der Waals surface area contributed by atoms with Gasteiger partial charge in [0, 0.05) is 22.7 Å². The standard InChI is InChI=1S/C3H8BrNO3S/c1-3(2-5-4)9(6,7)8/h3,5H,2H2,1H3,(H,6,7,8). The molecule has 1 unspecified atom stereocenters. The van der Waals surface area contributed by atoms with E-state index < -0.39 is 15.4 Å². The molecule has 0 aromatic carbocycles. The van der Waals surface area contributed by atoms with E-state index in [0.29, 0.717) is 0 Å². The molecule has 4 nitrogen and oxygen atoms in total. The number of rotatable bonds is 3. The molecular weight excluding hydrogens is 210 g/mol. The Balaban J connectivity index is 3.90. The Kier molecular flexibility index (Phi) is 3.64. The fourth-order valence-electron chi connectivity index (χ4n) is 0.214. The van der Waals surface area contributed by atoms with Gasteiger partial charge >= 0.3 is 0 Å². The molecule has 6 heteroatoms.